The Bertz CT molecular complexity index is 1150. The lowest BCUT2D eigenvalue weighted by Gasteiger charge is -1.99. The van der Waals surface area contributed by atoms with Crippen LogP contribution in [-0.2, 0) is 6.54 Å². The van der Waals surface area contributed by atoms with Gasteiger partial charge in [-0.05, 0) is 29.3 Å². The predicted octanol–water partition coefficient (Wildman–Crippen LogP) is 3.99. The van der Waals surface area contributed by atoms with Crippen molar-refractivity contribution in [3.05, 3.63) is 93.1 Å². The summed E-state index contributed by atoms with van der Waals surface area (Å²) in [4.78, 5) is 19.5. The minimum absolute atomic E-state index is 0.215. The molecule has 128 valence electrons. The van der Waals surface area contributed by atoms with Crippen molar-refractivity contribution in [2.45, 2.75) is 6.54 Å². The quantitative estimate of drug-likeness (QED) is 0.597. The van der Waals surface area contributed by atoms with E-state index in [0.29, 0.717) is 28.4 Å². The van der Waals surface area contributed by atoms with Gasteiger partial charge in [-0.25, -0.2) is 4.98 Å². The van der Waals surface area contributed by atoms with Gasteiger partial charge < -0.3 is 4.98 Å². The summed E-state index contributed by atoms with van der Waals surface area (Å²) < 4.78 is 1.73. The fraction of sp³-hybridized carbons (Fsp3) is 0.0500. The fourth-order valence-corrected chi connectivity index (χ4v) is 2.89. The number of nitrogens with one attached hydrogen (secondary N) is 1. The molecule has 0 unspecified atom stereocenters. The van der Waals surface area contributed by atoms with Crippen LogP contribution in [0.1, 0.15) is 17.0 Å². The third-order valence-corrected chi connectivity index (χ3v) is 4.31. The van der Waals surface area contributed by atoms with Crippen molar-refractivity contribution in [1.29, 1.82) is 0 Å². The van der Waals surface area contributed by atoms with Gasteiger partial charge in [0.25, 0.3) is 5.56 Å². The summed E-state index contributed by atoms with van der Waals surface area (Å²) in [6, 6.07) is 17.4. The first-order valence-corrected chi connectivity index (χ1v) is 8.51. The molecule has 2 aromatic heterocycles. The van der Waals surface area contributed by atoms with Crippen LogP contribution in [0.2, 0.25) is 5.02 Å². The molecule has 0 saturated heterocycles. The molecular weight excluding hydrogens is 348 g/mol. The van der Waals surface area contributed by atoms with E-state index < -0.39 is 0 Å². The van der Waals surface area contributed by atoms with Crippen LogP contribution >= 0.6 is 11.6 Å². The van der Waals surface area contributed by atoms with Crippen LogP contribution in [0, 0.1) is 0 Å². The van der Waals surface area contributed by atoms with Gasteiger partial charge in [0, 0.05) is 11.2 Å². The first kappa shape index (κ1) is 16.3. The van der Waals surface area contributed by atoms with E-state index in [4.69, 9.17) is 11.6 Å². The van der Waals surface area contributed by atoms with E-state index in [1.807, 2.05) is 60.7 Å². The number of nitrogens with zero attached hydrogens (tertiary/aromatic N) is 3. The number of hydrogen-bond acceptors (Lipinski definition) is 3. The number of hydrogen-bond donors (Lipinski definition) is 1. The number of H-pyrrole nitrogens is 1. The van der Waals surface area contributed by atoms with Crippen LogP contribution < -0.4 is 5.56 Å². The standard InChI is InChI=1S/C20H15ClN4O/c21-17-9-5-4-8-15(17)10-11-18-22-19-16(20(26)23-18)13-25(24-19)12-14-6-2-1-3-7-14/h1-11,13H,12H2,(H,22,23,24,26)/b11-10+. The van der Waals surface area contributed by atoms with Crippen LogP contribution in [0.4, 0.5) is 0 Å². The Morgan fingerprint density at radius 3 is 2.62 bits per heavy atom. The van der Waals surface area contributed by atoms with E-state index in [1.165, 1.54) is 0 Å². The van der Waals surface area contributed by atoms with E-state index in [0.717, 1.165) is 11.1 Å². The molecule has 0 spiro atoms. The lowest BCUT2D eigenvalue weighted by Crippen LogP contribution is -2.08. The van der Waals surface area contributed by atoms with E-state index in [-0.39, 0.29) is 5.56 Å². The molecule has 0 fully saturated rings. The maximum Gasteiger partial charge on any atom is 0.262 e. The number of benzene rings is 2. The number of rotatable bonds is 4. The molecule has 6 heteroatoms. The SMILES string of the molecule is O=c1[nH]c(/C=C/c2ccccc2Cl)nc2nn(Cc3ccccc3)cc12. The molecule has 5 nitrogen and oxygen atoms in total. The molecule has 0 atom stereocenters. The highest BCUT2D eigenvalue weighted by Crippen LogP contribution is 2.17. The predicted molar refractivity (Wildman–Crippen MR) is 104 cm³/mol. The van der Waals surface area contributed by atoms with Gasteiger partial charge in [-0.15, -0.1) is 0 Å². The van der Waals surface area contributed by atoms with Gasteiger partial charge in [-0.3, -0.25) is 9.48 Å². The van der Waals surface area contributed by atoms with E-state index in [1.54, 1.807) is 17.0 Å². The smallest absolute Gasteiger partial charge is 0.262 e. The van der Waals surface area contributed by atoms with E-state index in [9.17, 15) is 4.79 Å². The highest BCUT2D eigenvalue weighted by molar-refractivity contribution is 6.32. The van der Waals surface area contributed by atoms with Gasteiger partial charge in [-0.2, -0.15) is 5.10 Å². The maximum absolute atomic E-state index is 12.3. The van der Waals surface area contributed by atoms with Crippen LogP contribution in [0.25, 0.3) is 23.2 Å². The van der Waals surface area contributed by atoms with Gasteiger partial charge in [0.15, 0.2) is 5.65 Å². The third-order valence-electron chi connectivity index (χ3n) is 3.97. The van der Waals surface area contributed by atoms with Crippen molar-refractivity contribution in [2.24, 2.45) is 0 Å². The molecule has 2 aromatic carbocycles. The zero-order chi connectivity index (χ0) is 17.9. The number of aromatic nitrogens is 4. The second-order valence-corrected chi connectivity index (χ2v) is 6.26. The van der Waals surface area contributed by atoms with Gasteiger partial charge >= 0.3 is 0 Å². The Hall–Kier alpha value is -3.18. The zero-order valence-electron chi connectivity index (χ0n) is 13.8. The first-order valence-electron chi connectivity index (χ1n) is 8.13. The highest BCUT2D eigenvalue weighted by Gasteiger charge is 2.08. The number of fused-ring (bicyclic) bond motifs is 1. The third kappa shape index (κ3) is 3.43. The molecule has 1 N–H and O–H groups in total. The zero-order valence-corrected chi connectivity index (χ0v) is 14.5. The fourth-order valence-electron chi connectivity index (χ4n) is 2.69. The van der Waals surface area contributed by atoms with Crippen LogP contribution in [-0.4, -0.2) is 19.7 Å². The average molecular weight is 363 g/mol. The van der Waals surface area contributed by atoms with Crippen LogP contribution in [0.5, 0.6) is 0 Å². The van der Waals surface area contributed by atoms with Crippen LogP contribution in [0.3, 0.4) is 0 Å². The topological polar surface area (TPSA) is 63.6 Å². The average Bonchev–Trinajstić information content (AvgIpc) is 3.05. The minimum atomic E-state index is -0.215. The van der Waals surface area contributed by atoms with Crippen molar-refractivity contribution in [1.82, 2.24) is 19.7 Å². The monoisotopic (exact) mass is 362 g/mol. The first-order chi connectivity index (χ1) is 12.7. The Balaban J connectivity index is 1.66. The molecule has 0 saturated carbocycles. The Morgan fingerprint density at radius 1 is 1.04 bits per heavy atom. The molecule has 4 rings (SSSR count). The molecule has 26 heavy (non-hydrogen) atoms. The summed E-state index contributed by atoms with van der Waals surface area (Å²) in [5.41, 5.74) is 2.17. The van der Waals surface area contributed by atoms with E-state index >= 15 is 0 Å². The minimum Gasteiger partial charge on any atom is -0.306 e. The lowest BCUT2D eigenvalue weighted by molar-refractivity contribution is 0.693. The van der Waals surface area contributed by atoms with Gasteiger partial charge in [0.1, 0.15) is 11.2 Å². The van der Waals surface area contributed by atoms with Gasteiger partial charge in [-0.1, -0.05) is 60.1 Å². The normalized spacial score (nSPS) is 11.4. The summed E-state index contributed by atoms with van der Waals surface area (Å²) in [5, 5.41) is 5.53. The van der Waals surface area contributed by atoms with Crippen molar-refractivity contribution in [3.63, 3.8) is 0 Å². The molecular formula is C20H15ClN4O. The summed E-state index contributed by atoms with van der Waals surface area (Å²) in [7, 11) is 0. The molecule has 0 amide bonds. The van der Waals surface area contributed by atoms with Crippen molar-refractivity contribution in [3.8, 4) is 0 Å². The summed E-state index contributed by atoms with van der Waals surface area (Å²) in [6.45, 7) is 0.585. The molecule has 2 heterocycles. The van der Waals surface area contributed by atoms with Crippen molar-refractivity contribution >= 4 is 34.8 Å². The Kier molecular flexibility index (Phi) is 4.37. The summed E-state index contributed by atoms with van der Waals surface area (Å²) in [6.07, 6.45) is 5.25. The second kappa shape index (κ2) is 6.98. The van der Waals surface area contributed by atoms with E-state index in [2.05, 4.69) is 15.1 Å². The van der Waals surface area contributed by atoms with Crippen molar-refractivity contribution in [2.75, 3.05) is 0 Å². The molecule has 4 aromatic rings. The lowest BCUT2D eigenvalue weighted by atomic mass is 10.2. The maximum atomic E-state index is 12.3. The van der Waals surface area contributed by atoms with Gasteiger partial charge in [0.2, 0.25) is 0 Å². The number of halogens is 1. The Morgan fingerprint density at radius 2 is 1.81 bits per heavy atom. The Labute approximate surface area is 154 Å². The largest absolute Gasteiger partial charge is 0.306 e. The van der Waals surface area contributed by atoms with Crippen LogP contribution in [0.15, 0.2) is 65.6 Å². The second-order valence-electron chi connectivity index (χ2n) is 5.86. The molecule has 0 aliphatic rings. The van der Waals surface area contributed by atoms with Gasteiger partial charge in [0.05, 0.1) is 6.54 Å². The summed E-state index contributed by atoms with van der Waals surface area (Å²) in [5.74, 6) is 0.437. The summed E-state index contributed by atoms with van der Waals surface area (Å²) >= 11 is 6.14. The molecule has 0 radical (unpaired) electrons. The highest BCUT2D eigenvalue weighted by atomic mass is 35.5. The molecule has 0 aliphatic carbocycles. The van der Waals surface area contributed by atoms with Crippen molar-refractivity contribution < 1.29 is 0 Å². The molecule has 0 aliphatic heterocycles. The molecule has 0 bridgehead atoms. The number of aromatic amines is 1.